The number of H-pyrrole nitrogens is 1. The van der Waals surface area contributed by atoms with E-state index in [1.165, 1.54) is 19.4 Å². The number of carboxylic acid groups (broad SMARTS) is 1. The highest BCUT2D eigenvalue weighted by molar-refractivity contribution is 6.02. The van der Waals surface area contributed by atoms with Crippen molar-refractivity contribution >= 4 is 17.7 Å². The van der Waals surface area contributed by atoms with Crippen LogP contribution < -0.4 is 0 Å². The number of carbonyl (C=O) groups is 3. The number of carboxylic acids is 1. The SMILES string of the molecule is C=C(C)[C@@H]1CC[C@]2(C(=O)N3CCC[C@H]3c3ncc(-c4ccc(C)c(F)c4)[nH]3)CC[C@]3(C)[C@H](CC[C@@H]4[C@@]5(C)CC[C@H](OCC(=O)C(C)(C)C(=O)O)C(C)(C)[C@@H]5CC[C@]43C)[C@@H]12. The van der Waals surface area contributed by atoms with Crippen molar-refractivity contribution in [1.82, 2.24) is 14.9 Å². The van der Waals surface area contributed by atoms with Crippen LogP contribution in [0.5, 0.6) is 0 Å². The highest BCUT2D eigenvalue weighted by atomic mass is 19.1. The smallest absolute Gasteiger partial charge is 0.316 e. The number of hydrogen-bond donors (Lipinski definition) is 2. The number of halogens is 1. The van der Waals surface area contributed by atoms with Crippen LogP contribution in [0.25, 0.3) is 11.3 Å². The van der Waals surface area contributed by atoms with Crippen molar-refractivity contribution in [3.63, 3.8) is 0 Å². The van der Waals surface area contributed by atoms with Gasteiger partial charge in [0.15, 0.2) is 5.78 Å². The van der Waals surface area contributed by atoms with Gasteiger partial charge in [-0.1, -0.05) is 58.9 Å². The Morgan fingerprint density at radius 3 is 2.41 bits per heavy atom. The maximum atomic E-state index is 15.5. The number of aryl methyl sites for hydroxylation is 1. The van der Waals surface area contributed by atoms with Crippen LogP contribution >= 0.6 is 0 Å². The number of aliphatic carboxylic acids is 1. The van der Waals surface area contributed by atoms with Crippen molar-refractivity contribution in [2.75, 3.05) is 13.2 Å². The number of aromatic nitrogens is 2. The normalized spacial score (nSPS) is 38.8. The topological polar surface area (TPSA) is 113 Å². The molecule has 2 aromatic rings. The third kappa shape index (κ3) is 6.18. The van der Waals surface area contributed by atoms with Crippen LogP contribution in [0.3, 0.4) is 0 Å². The zero-order valence-corrected chi connectivity index (χ0v) is 37.3. The number of hydrogen-bond acceptors (Lipinski definition) is 5. The van der Waals surface area contributed by atoms with Gasteiger partial charge in [0.1, 0.15) is 23.7 Å². The number of imidazole rings is 1. The molecule has 8 rings (SSSR count). The molecule has 11 atom stereocenters. The molecule has 1 aliphatic heterocycles. The second-order valence-corrected chi connectivity index (χ2v) is 22.2. The minimum Gasteiger partial charge on any atom is -0.481 e. The van der Waals surface area contributed by atoms with E-state index < -0.39 is 16.8 Å². The first-order chi connectivity index (χ1) is 27.6. The summed E-state index contributed by atoms with van der Waals surface area (Å²) >= 11 is 0. The first kappa shape index (κ1) is 42.4. The van der Waals surface area contributed by atoms with E-state index in [-0.39, 0.29) is 57.9 Å². The summed E-state index contributed by atoms with van der Waals surface area (Å²) in [6, 6.07) is 5.16. The van der Waals surface area contributed by atoms with E-state index in [4.69, 9.17) is 9.72 Å². The number of rotatable bonds is 9. The van der Waals surface area contributed by atoms with Crippen molar-refractivity contribution < 1.29 is 28.6 Å². The maximum absolute atomic E-state index is 15.5. The molecule has 6 fully saturated rings. The summed E-state index contributed by atoms with van der Waals surface area (Å²) in [6.07, 6.45) is 13.8. The van der Waals surface area contributed by atoms with E-state index in [0.29, 0.717) is 35.1 Å². The predicted molar refractivity (Wildman–Crippen MR) is 228 cm³/mol. The van der Waals surface area contributed by atoms with E-state index in [1.807, 2.05) is 6.07 Å². The number of carbonyl (C=O) groups excluding carboxylic acids is 2. The number of nitrogens with one attached hydrogen (secondary N) is 1. The number of fused-ring (bicyclic) bond motifs is 7. The molecule has 5 aliphatic carbocycles. The Morgan fingerprint density at radius 1 is 0.966 bits per heavy atom. The molecule has 2 N–H and O–H groups in total. The van der Waals surface area contributed by atoms with Crippen LogP contribution in [0.4, 0.5) is 4.39 Å². The van der Waals surface area contributed by atoms with Gasteiger partial charge in [0, 0.05) is 12.1 Å². The number of ether oxygens (including phenoxy) is 1. The standard InChI is InChI=1S/C50H70FN3O5/c1-29(2)32-17-22-50(43(56)54-25-11-12-36(54)42-52-27-35(53-42)31-14-13-30(3)34(51)26-31)24-23-48(9)33(41(32)50)15-16-38-47(8)20-19-40(59-28-39(55)46(6,7)44(57)58)45(4,5)37(47)18-21-49(38,48)10/h13-14,26-27,32-33,36-38,40-41H,1,11-12,15-25,28H2,2-10H3,(H,52,53)(H,57,58)/t32-,33+,36-,37-,38+,40-,41+,47-,48+,49+,50-/m0/s1. The third-order valence-electron chi connectivity index (χ3n) is 19.0. The Morgan fingerprint density at radius 2 is 1.71 bits per heavy atom. The molecule has 0 radical (unpaired) electrons. The molecular formula is C50H70FN3O5. The largest absolute Gasteiger partial charge is 0.481 e. The lowest BCUT2D eigenvalue weighted by Gasteiger charge is -2.73. The van der Waals surface area contributed by atoms with Crippen molar-refractivity contribution in [2.24, 2.45) is 62.1 Å². The second-order valence-electron chi connectivity index (χ2n) is 22.2. The fourth-order valence-electron chi connectivity index (χ4n) is 15.3. The molecule has 9 heteroatoms. The van der Waals surface area contributed by atoms with E-state index in [2.05, 4.69) is 58.0 Å². The molecule has 2 heterocycles. The summed E-state index contributed by atoms with van der Waals surface area (Å²) in [5, 5.41) is 9.65. The van der Waals surface area contributed by atoms with Gasteiger partial charge >= 0.3 is 5.97 Å². The molecule has 1 aromatic heterocycles. The van der Waals surface area contributed by atoms with Crippen molar-refractivity contribution in [1.29, 1.82) is 0 Å². The van der Waals surface area contributed by atoms with Gasteiger partial charge in [0.2, 0.25) is 5.91 Å². The first-order valence-electron chi connectivity index (χ1n) is 22.8. The predicted octanol–water partition coefficient (Wildman–Crippen LogP) is 10.9. The zero-order chi connectivity index (χ0) is 42.7. The molecule has 0 unspecified atom stereocenters. The van der Waals surface area contributed by atoms with Crippen LogP contribution in [-0.2, 0) is 19.1 Å². The third-order valence-corrected chi connectivity index (χ3v) is 19.0. The number of likely N-dealkylation sites (tertiary alicyclic amines) is 1. The van der Waals surface area contributed by atoms with Gasteiger partial charge in [-0.2, -0.15) is 0 Å². The number of ketones is 1. The van der Waals surface area contributed by atoms with Crippen LogP contribution in [0.1, 0.15) is 150 Å². The summed E-state index contributed by atoms with van der Waals surface area (Å²) < 4.78 is 20.9. The van der Waals surface area contributed by atoms with Gasteiger partial charge in [-0.05, 0) is 168 Å². The summed E-state index contributed by atoms with van der Waals surface area (Å²) in [4.78, 5) is 50.8. The molecule has 0 bridgehead atoms. The van der Waals surface area contributed by atoms with Crippen LogP contribution in [0.15, 0.2) is 36.5 Å². The minimum atomic E-state index is -1.47. The van der Waals surface area contributed by atoms with Gasteiger partial charge < -0.3 is 19.7 Å². The molecular weight excluding hydrogens is 742 g/mol. The molecule has 5 saturated carbocycles. The maximum Gasteiger partial charge on any atom is 0.316 e. The molecule has 0 spiro atoms. The highest BCUT2D eigenvalue weighted by Crippen LogP contribution is 2.78. The molecule has 1 aromatic carbocycles. The molecule has 8 nitrogen and oxygen atoms in total. The monoisotopic (exact) mass is 812 g/mol. The van der Waals surface area contributed by atoms with Crippen LogP contribution in [-0.4, -0.2) is 56.9 Å². The van der Waals surface area contributed by atoms with E-state index in [0.717, 1.165) is 101 Å². The minimum absolute atomic E-state index is 0.0757. The van der Waals surface area contributed by atoms with Crippen LogP contribution in [0.2, 0.25) is 0 Å². The average Bonchev–Trinajstić information content (AvgIpc) is 3.95. The van der Waals surface area contributed by atoms with E-state index in [1.54, 1.807) is 25.3 Å². The number of amides is 1. The van der Waals surface area contributed by atoms with Crippen molar-refractivity contribution in [3.05, 3.63) is 53.8 Å². The molecule has 1 amide bonds. The fourth-order valence-corrected chi connectivity index (χ4v) is 15.3. The van der Waals surface area contributed by atoms with Crippen molar-refractivity contribution in [2.45, 2.75) is 152 Å². The van der Waals surface area contributed by atoms with Gasteiger partial charge in [-0.25, -0.2) is 9.37 Å². The number of benzene rings is 1. The molecule has 322 valence electrons. The van der Waals surface area contributed by atoms with Gasteiger partial charge in [-0.3, -0.25) is 14.4 Å². The van der Waals surface area contributed by atoms with E-state index in [9.17, 15) is 19.1 Å². The Bertz CT molecular complexity index is 2040. The first-order valence-corrected chi connectivity index (χ1v) is 22.8. The number of allylic oxidation sites excluding steroid dienone is 1. The zero-order valence-electron chi connectivity index (χ0n) is 37.3. The fraction of sp³-hybridized carbons (Fsp3) is 0.720. The van der Waals surface area contributed by atoms with E-state index >= 15 is 4.79 Å². The van der Waals surface area contributed by atoms with Gasteiger partial charge in [0.05, 0.1) is 29.5 Å². The lowest BCUT2D eigenvalue weighted by atomic mass is 9.32. The summed E-state index contributed by atoms with van der Waals surface area (Å²) in [7, 11) is 0. The number of nitrogens with zero attached hydrogens (tertiary/aromatic N) is 2. The Balaban J connectivity index is 1.05. The van der Waals surface area contributed by atoms with Gasteiger partial charge in [-0.15, -0.1) is 0 Å². The molecule has 6 aliphatic rings. The van der Waals surface area contributed by atoms with Crippen molar-refractivity contribution in [3.8, 4) is 11.3 Å². The Kier molecular flexibility index (Phi) is 10.3. The lowest BCUT2D eigenvalue weighted by molar-refractivity contribution is -0.250. The molecule has 59 heavy (non-hydrogen) atoms. The van der Waals surface area contributed by atoms with Gasteiger partial charge in [0.25, 0.3) is 0 Å². The molecule has 1 saturated heterocycles. The summed E-state index contributed by atoms with van der Waals surface area (Å²) in [5.41, 5.74) is 1.62. The lowest BCUT2D eigenvalue weighted by Crippen LogP contribution is -2.67. The highest BCUT2D eigenvalue weighted by Gasteiger charge is 2.72. The average molecular weight is 812 g/mol. The summed E-state index contributed by atoms with van der Waals surface area (Å²) in [6.45, 7) is 24.5. The summed E-state index contributed by atoms with van der Waals surface area (Å²) in [5.74, 6) is 1.35. The second kappa shape index (κ2) is 14.4. The number of aromatic amines is 1. The Hall–Kier alpha value is -3.33. The quantitative estimate of drug-likeness (QED) is 0.193. The Labute approximate surface area is 351 Å². The number of Topliss-reactive ketones (excluding diaryl/α,β-unsaturated/α-hetero) is 1. The van der Waals surface area contributed by atoms with Crippen LogP contribution in [0, 0.1) is 74.8 Å².